The smallest absolute Gasteiger partial charge is 0.360 e. The molecule has 1 saturated carbocycles. The fourth-order valence-electron chi connectivity index (χ4n) is 6.08. The monoisotopic (exact) mass is 658 g/mol. The van der Waals surface area contributed by atoms with Gasteiger partial charge in [-0.05, 0) is 48.2 Å². The van der Waals surface area contributed by atoms with Crippen molar-refractivity contribution >= 4 is 28.8 Å². The first-order valence-electron chi connectivity index (χ1n) is 15.6. The third-order valence-corrected chi connectivity index (χ3v) is 9.22. The van der Waals surface area contributed by atoms with Crippen molar-refractivity contribution < 1.29 is 22.9 Å². The molecule has 1 fully saturated rings. The first kappa shape index (κ1) is 35.0. The Morgan fingerprint density at radius 2 is 1.85 bits per heavy atom. The van der Waals surface area contributed by atoms with E-state index in [0.29, 0.717) is 18.7 Å². The number of alkyl halides is 3. The largest absolute Gasteiger partial charge is 0.416 e. The second kappa shape index (κ2) is 15.6. The molecule has 0 bridgehead atoms. The number of aromatic nitrogens is 2. The number of hydrogen-bond donors (Lipinski definition) is 2. The number of nitro groups is 1. The van der Waals surface area contributed by atoms with Gasteiger partial charge in [-0.3, -0.25) is 14.9 Å². The van der Waals surface area contributed by atoms with Crippen LogP contribution in [0, 0.1) is 22.0 Å². The van der Waals surface area contributed by atoms with Gasteiger partial charge in [0.15, 0.2) is 5.11 Å². The Morgan fingerprint density at radius 1 is 1.17 bits per heavy atom. The van der Waals surface area contributed by atoms with Gasteiger partial charge in [-0.2, -0.15) is 13.2 Å². The number of hydrogen-bond acceptors (Lipinski definition) is 6. The van der Waals surface area contributed by atoms with E-state index < -0.39 is 28.7 Å². The predicted molar refractivity (Wildman–Crippen MR) is 174 cm³/mol. The Balaban J connectivity index is 1.61. The van der Waals surface area contributed by atoms with Crippen LogP contribution in [-0.2, 0) is 30.5 Å². The molecule has 1 heterocycles. The molecule has 2 aromatic carbocycles. The van der Waals surface area contributed by atoms with E-state index in [1.54, 1.807) is 40.2 Å². The van der Waals surface area contributed by atoms with E-state index in [9.17, 15) is 28.1 Å². The van der Waals surface area contributed by atoms with Crippen molar-refractivity contribution in [3.05, 3.63) is 93.6 Å². The van der Waals surface area contributed by atoms with E-state index in [1.807, 2.05) is 13.8 Å². The SMILES string of the molecule is CC[C@H](C)[C@H](C(=O)Cc1cncn1Cc1ccc([N+](=O)[O-])cc1)C(N)N(Cc1ccccc1C(F)(F)F)C(=S)NC1CCCCC1. The highest BCUT2D eigenvalue weighted by Gasteiger charge is 2.38. The van der Waals surface area contributed by atoms with Gasteiger partial charge in [-0.25, -0.2) is 4.98 Å². The minimum atomic E-state index is -4.57. The van der Waals surface area contributed by atoms with Gasteiger partial charge in [0.05, 0.1) is 28.9 Å². The molecule has 0 aliphatic heterocycles. The molecule has 248 valence electrons. The molecule has 13 heteroatoms. The van der Waals surface area contributed by atoms with Crippen LogP contribution in [0.5, 0.6) is 0 Å². The molecule has 0 saturated heterocycles. The summed E-state index contributed by atoms with van der Waals surface area (Å²) in [4.78, 5) is 30.5. The molecule has 46 heavy (non-hydrogen) atoms. The van der Waals surface area contributed by atoms with Crippen LogP contribution in [-0.4, -0.2) is 42.5 Å². The van der Waals surface area contributed by atoms with Crippen LogP contribution >= 0.6 is 12.2 Å². The Hall–Kier alpha value is -3.84. The van der Waals surface area contributed by atoms with Crippen molar-refractivity contribution in [3.8, 4) is 0 Å². The number of nitrogens with one attached hydrogen (secondary N) is 1. The second-order valence-electron chi connectivity index (χ2n) is 12.0. The normalized spacial score (nSPS) is 16.0. The highest BCUT2D eigenvalue weighted by atomic mass is 32.1. The molecule has 4 rings (SSSR count). The first-order chi connectivity index (χ1) is 21.9. The lowest BCUT2D eigenvalue weighted by Crippen LogP contribution is -2.57. The average Bonchev–Trinajstić information content (AvgIpc) is 3.45. The molecule has 1 aliphatic carbocycles. The standard InChI is InChI=1S/C33H41F3N6O3S/c1-3-22(2)30(29(43)17-27-18-38-21-40(27)19-23-13-15-26(16-14-23)42(44)45)31(37)41(32(46)39-25-10-5-4-6-11-25)20-24-9-7-8-12-28(24)33(34,35)36/h7-9,12-16,18,21-22,25,30-31H,3-6,10-11,17,19-20,37H2,1-2H3,(H,39,46)/t22-,30+,31?/m0/s1. The van der Waals surface area contributed by atoms with Crippen LogP contribution in [0.25, 0.3) is 0 Å². The molecule has 9 nitrogen and oxygen atoms in total. The van der Waals surface area contributed by atoms with Crippen molar-refractivity contribution in [2.75, 3.05) is 0 Å². The molecule has 1 unspecified atom stereocenters. The maximum atomic E-state index is 14.1. The van der Waals surface area contributed by atoms with Crippen LogP contribution in [0.3, 0.4) is 0 Å². The number of Topliss-reactive ketones (excluding diaryl/α,β-unsaturated/α-hetero) is 1. The minimum Gasteiger partial charge on any atom is -0.360 e. The number of benzene rings is 2. The number of ketones is 1. The zero-order chi connectivity index (χ0) is 33.4. The van der Waals surface area contributed by atoms with Crippen LogP contribution in [0.4, 0.5) is 18.9 Å². The third kappa shape index (κ3) is 8.91. The van der Waals surface area contributed by atoms with E-state index in [0.717, 1.165) is 43.7 Å². The lowest BCUT2D eigenvalue weighted by molar-refractivity contribution is -0.384. The number of nitrogens with two attached hydrogens (primary N) is 1. The fraction of sp³-hybridized carbons (Fsp3) is 0.485. The van der Waals surface area contributed by atoms with Crippen LogP contribution in [0.2, 0.25) is 0 Å². The van der Waals surface area contributed by atoms with Crippen molar-refractivity contribution in [2.24, 2.45) is 17.6 Å². The summed E-state index contributed by atoms with van der Waals surface area (Å²) in [6.07, 6.45) is 3.20. The van der Waals surface area contributed by atoms with E-state index in [2.05, 4.69) is 10.3 Å². The van der Waals surface area contributed by atoms with Crippen molar-refractivity contribution in [1.82, 2.24) is 19.8 Å². The van der Waals surface area contributed by atoms with Crippen LogP contribution in [0.1, 0.15) is 74.8 Å². The summed E-state index contributed by atoms with van der Waals surface area (Å²) in [7, 11) is 0. The molecule has 0 amide bonds. The van der Waals surface area contributed by atoms with Crippen LogP contribution in [0.15, 0.2) is 61.1 Å². The minimum absolute atomic E-state index is 0.00845. The predicted octanol–water partition coefficient (Wildman–Crippen LogP) is 6.63. The number of rotatable bonds is 13. The summed E-state index contributed by atoms with van der Waals surface area (Å²) in [6, 6.07) is 11.6. The maximum absolute atomic E-state index is 14.1. The summed E-state index contributed by atoms with van der Waals surface area (Å²) >= 11 is 5.82. The van der Waals surface area contributed by atoms with Gasteiger partial charge in [-0.15, -0.1) is 0 Å². The molecular weight excluding hydrogens is 617 g/mol. The van der Waals surface area contributed by atoms with Crippen molar-refractivity contribution in [1.29, 1.82) is 0 Å². The van der Waals surface area contributed by atoms with Crippen molar-refractivity contribution in [2.45, 2.75) is 90.3 Å². The number of imidazole rings is 1. The Bertz CT molecular complexity index is 1490. The topological polar surface area (TPSA) is 119 Å². The quantitative estimate of drug-likeness (QED) is 0.0910. The molecule has 1 aliphatic rings. The van der Waals surface area contributed by atoms with Crippen molar-refractivity contribution in [3.63, 3.8) is 0 Å². The van der Waals surface area contributed by atoms with E-state index in [-0.39, 0.29) is 47.1 Å². The average molecular weight is 659 g/mol. The maximum Gasteiger partial charge on any atom is 0.416 e. The Kier molecular flexibility index (Phi) is 11.9. The summed E-state index contributed by atoms with van der Waals surface area (Å²) < 4.78 is 43.8. The van der Waals surface area contributed by atoms with Gasteiger partial charge in [-0.1, -0.05) is 69.9 Å². The van der Waals surface area contributed by atoms with Gasteiger partial charge in [0.25, 0.3) is 5.69 Å². The molecule has 3 N–H and O–H groups in total. The first-order valence-corrected chi connectivity index (χ1v) is 16.0. The zero-order valence-electron chi connectivity index (χ0n) is 26.1. The second-order valence-corrected chi connectivity index (χ2v) is 12.4. The molecule has 3 atom stereocenters. The Morgan fingerprint density at radius 3 is 2.48 bits per heavy atom. The number of halogens is 3. The highest BCUT2D eigenvalue weighted by molar-refractivity contribution is 7.80. The number of carbonyl (C=O) groups is 1. The third-order valence-electron chi connectivity index (χ3n) is 8.87. The summed E-state index contributed by atoms with van der Waals surface area (Å²) in [5.41, 5.74) is 7.55. The number of thiocarbonyl (C=S) groups is 1. The number of non-ortho nitro benzene ring substituents is 1. The summed E-state index contributed by atoms with van der Waals surface area (Å²) in [5.74, 6) is -1.13. The fourth-order valence-corrected chi connectivity index (χ4v) is 6.43. The van der Waals surface area contributed by atoms with E-state index in [1.165, 1.54) is 24.3 Å². The van der Waals surface area contributed by atoms with Gasteiger partial charge < -0.3 is 20.5 Å². The van der Waals surface area contributed by atoms with Gasteiger partial charge in [0.2, 0.25) is 0 Å². The molecule has 0 radical (unpaired) electrons. The molecular formula is C33H41F3N6O3S. The van der Waals surface area contributed by atoms with E-state index >= 15 is 0 Å². The summed E-state index contributed by atoms with van der Waals surface area (Å²) in [6.45, 7) is 3.98. The van der Waals surface area contributed by atoms with Gasteiger partial charge in [0, 0.05) is 49.6 Å². The Labute approximate surface area is 272 Å². The van der Waals surface area contributed by atoms with Gasteiger partial charge >= 0.3 is 6.18 Å². The summed E-state index contributed by atoms with van der Waals surface area (Å²) in [5, 5.41) is 14.6. The molecule has 1 aromatic heterocycles. The van der Waals surface area contributed by atoms with Crippen LogP contribution < -0.4 is 11.1 Å². The molecule has 3 aromatic rings. The molecule has 0 spiro atoms. The zero-order valence-corrected chi connectivity index (χ0v) is 26.9. The number of nitrogens with zero attached hydrogens (tertiary/aromatic N) is 4. The lowest BCUT2D eigenvalue weighted by Gasteiger charge is -2.40. The van der Waals surface area contributed by atoms with E-state index in [4.69, 9.17) is 18.0 Å². The van der Waals surface area contributed by atoms with Gasteiger partial charge in [0.1, 0.15) is 5.78 Å². The number of nitro benzene ring substituents is 1. The number of carbonyl (C=O) groups excluding carboxylic acids is 1. The lowest BCUT2D eigenvalue weighted by atomic mass is 9.83. The highest BCUT2D eigenvalue weighted by Crippen LogP contribution is 2.33.